The summed E-state index contributed by atoms with van der Waals surface area (Å²) in [5.41, 5.74) is 3.12. The number of hydrogen-bond donors (Lipinski definition) is 0. The number of alkyl halides is 2. The standard InChI is InChI=1S/C31H29F5O/c1-2-3-4-5-6-20-8-14-25(27(32)17-20)23-13-15-26-24(19-23)12-11-22(30(26)34)10-7-21-9-16-29(28(33)18-21)37-31(35)36/h8-9,11-19,31H,2-7,10H2,1H3. The minimum atomic E-state index is -3.11. The van der Waals surface area contributed by atoms with Crippen LogP contribution in [-0.2, 0) is 19.3 Å². The van der Waals surface area contributed by atoms with Crippen LogP contribution in [0.1, 0.15) is 49.3 Å². The van der Waals surface area contributed by atoms with E-state index in [2.05, 4.69) is 11.7 Å². The van der Waals surface area contributed by atoms with Crippen LogP contribution >= 0.6 is 0 Å². The molecule has 0 N–H and O–H groups in total. The van der Waals surface area contributed by atoms with E-state index in [1.54, 1.807) is 42.5 Å². The van der Waals surface area contributed by atoms with E-state index < -0.39 is 18.2 Å². The Balaban J connectivity index is 1.48. The average Bonchev–Trinajstić information content (AvgIpc) is 2.87. The number of fused-ring (bicyclic) bond motifs is 1. The Labute approximate surface area is 213 Å². The van der Waals surface area contributed by atoms with Crippen molar-refractivity contribution in [3.63, 3.8) is 0 Å². The van der Waals surface area contributed by atoms with E-state index in [4.69, 9.17) is 0 Å². The van der Waals surface area contributed by atoms with Gasteiger partial charge in [0.1, 0.15) is 11.6 Å². The predicted molar refractivity (Wildman–Crippen MR) is 138 cm³/mol. The first kappa shape index (κ1) is 26.6. The molecule has 0 aliphatic carbocycles. The van der Waals surface area contributed by atoms with Gasteiger partial charge in [-0.15, -0.1) is 0 Å². The normalized spacial score (nSPS) is 11.4. The van der Waals surface area contributed by atoms with Gasteiger partial charge in [0.05, 0.1) is 0 Å². The van der Waals surface area contributed by atoms with Gasteiger partial charge < -0.3 is 4.74 Å². The van der Waals surface area contributed by atoms with Crippen molar-refractivity contribution in [1.82, 2.24) is 0 Å². The van der Waals surface area contributed by atoms with Gasteiger partial charge in [0.2, 0.25) is 0 Å². The molecule has 4 aromatic rings. The van der Waals surface area contributed by atoms with Gasteiger partial charge in [0.15, 0.2) is 11.6 Å². The molecule has 0 amide bonds. The quantitative estimate of drug-likeness (QED) is 0.144. The van der Waals surface area contributed by atoms with E-state index >= 15 is 4.39 Å². The molecule has 0 heterocycles. The molecule has 0 saturated heterocycles. The highest BCUT2D eigenvalue weighted by Crippen LogP contribution is 2.30. The molecule has 4 aromatic carbocycles. The first-order valence-corrected chi connectivity index (χ1v) is 12.6. The van der Waals surface area contributed by atoms with Gasteiger partial charge in [-0.1, -0.05) is 68.7 Å². The van der Waals surface area contributed by atoms with Crippen molar-refractivity contribution >= 4 is 10.8 Å². The zero-order chi connectivity index (χ0) is 26.4. The molecular formula is C31H29F5O. The monoisotopic (exact) mass is 512 g/mol. The van der Waals surface area contributed by atoms with Gasteiger partial charge in [-0.2, -0.15) is 8.78 Å². The fourth-order valence-corrected chi connectivity index (χ4v) is 4.57. The molecule has 0 bridgehead atoms. The molecule has 0 radical (unpaired) electrons. The van der Waals surface area contributed by atoms with Crippen molar-refractivity contribution in [3.05, 3.63) is 101 Å². The van der Waals surface area contributed by atoms with Gasteiger partial charge in [-0.3, -0.25) is 0 Å². The van der Waals surface area contributed by atoms with Crippen molar-refractivity contribution in [2.45, 2.75) is 58.5 Å². The van der Waals surface area contributed by atoms with Crippen molar-refractivity contribution in [1.29, 1.82) is 0 Å². The maximum Gasteiger partial charge on any atom is 0.387 e. The number of hydrogen-bond acceptors (Lipinski definition) is 1. The van der Waals surface area contributed by atoms with Crippen LogP contribution in [-0.4, -0.2) is 6.61 Å². The van der Waals surface area contributed by atoms with Crippen LogP contribution in [0.3, 0.4) is 0 Å². The van der Waals surface area contributed by atoms with Gasteiger partial charge in [-0.05, 0) is 77.6 Å². The van der Waals surface area contributed by atoms with E-state index in [0.717, 1.165) is 43.4 Å². The van der Waals surface area contributed by atoms with E-state index in [1.807, 2.05) is 6.07 Å². The van der Waals surface area contributed by atoms with Crippen LogP contribution in [0.25, 0.3) is 21.9 Å². The molecule has 6 heteroatoms. The first-order valence-electron chi connectivity index (χ1n) is 12.6. The summed E-state index contributed by atoms with van der Waals surface area (Å²) in [7, 11) is 0. The molecule has 0 spiro atoms. The lowest BCUT2D eigenvalue weighted by atomic mass is 9.96. The van der Waals surface area contributed by atoms with Crippen molar-refractivity contribution in [3.8, 4) is 16.9 Å². The molecule has 1 nitrogen and oxygen atoms in total. The highest BCUT2D eigenvalue weighted by molar-refractivity contribution is 5.88. The molecule has 0 aromatic heterocycles. The van der Waals surface area contributed by atoms with Gasteiger partial charge >= 0.3 is 6.61 Å². The van der Waals surface area contributed by atoms with Crippen molar-refractivity contribution in [2.75, 3.05) is 0 Å². The average molecular weight is 513 g/mol. The van der Waals surface area contributed by atoms with Crippen LogP contribution in [0, 0.1) is 17.5 Å². The molecule has 0 aliphatic rings. The number of halogens is 5. The summed E-state index contributed by atoms with van der Waals surface area (Å²) in [6, 6.07) is 17.7. The maximum atomic E-state index is 15.2. The largest absolute Gasteiger partial charge is 0.432 e. The summed E-state index contributed by atoms with van der Waals surface area (Å²) >= 11 is 0. The summed E-state index contributed by atoms with van der Waals surface area (Å²) in [4.78, 5) is 0. The fourth-order valence-electron chi connectivity index (χ4n) is 4.57. The summed E-state index contributed by atoms with van der Waals surface area (Å²) in [6.07, 6.45) is 5.99. The molecule has 37 heavy (non-hydrogen) atoms. The van der Waals surface area contributed by atoms with E-state index in [9.17, 15) is 17.6 Å². The third-order valence-corrected chi connectivity index (χ3v) is 6.59. The lowest BCUT2D eigenvalue weighted by Gasteiger charge is -2.11. The highest BCUT2D eigenvalue weighted by atomic mass is 19.3. The Kier molecular flexibility index (Phi) is 8.80. The molecule has 0 atom stereocenters. The number of aryl methyl sites for hydroxylation is 3. The van der Waals surface area contributed by atoms with Crippen LogP contribution in [0.4, 0.5) is 22.0 Å². The summed E-state index contributed by atoms with van der Waals surface area (Å²) in [5.74, 6) is -2.09. The van der Waals surface area contributed by atoms with Crippen LogP contribution < -0.4 is 4.74 Å². The van der Waals surface area contributed by atoms with Gasteiger partial charge in [0.25, 0.3) is 0 Å². The number of rotatable bonds is 11. The molecule has 0 unspecified atom stereocenters. The number of benzene rings is 4. The fraction of sp³-hybridized carbons (Fsp3) is 0.290. The molecule has 0 saturated carbocycles. The van der Waals surface area contributed by atoms with E-state index in [0.29, 0.717) is 45.9 Å². The van der Waals surface area contributed by atoms with Crippen LogP contribution in [0.2, 0.25) is 0 Å². The van der Waals surface area contributed by atoms with Crippen LogP contribution in [0.5, 0.6) is 5.75 Å². The smallest absolute Gasteiger partial charge is 0.387 e. The summed E-state index contributed by atoms with van der Waals surface area (Å²) < 4.78 is 72.9. The topological polar surface area (TPSA) is 9.23 Å². The van der Waals surface area contributed by atoms with Gasteiger partial charge in [0, 0.05) is 10.9 Å². The van der Waals surface area contributed by atoms with Crippen molar-refractivity contribution in [2.24, 2.45) is 0 Å². The Morgan fingerprint density at radius 1 is 0.703 bits per heavy atom. The van der Waals surface area contributed by atoms with E-state index in [-0.39, 0.29) is 11.6 Å². The molecule has 194 valence electrons. The second-order valence-corrected chi connectivity index (χ2v) is 9.24. The molecule has 4 rings (SSSR count). The summed E-state index contributed by atoms with van der Waals surface area (Å²) in [6.45, 7) is -0.950. The minimum Gasteiger partial charge on any atom is -0.432 e. The SMILES string of the molecule is CCCCCCc1ccc(-c2ccc3c(F)c(CCc4ccc(OC(F)F)c(F)c4)ccc3c2)c(F)c1. The van der Waals surface area contributed by atoms with E-state index in [1.165, 1.54) is 12.5 Å². The minimum absolute atomic E-state index is 0.290. The Bertz CT molecular complexity index is 1370. The first-order chi connectivity index (χ1) is 17.9. The van der Waals surface area contributed by atoms with Crippen molar-refractivity contribution < 1.29 is 26.7 Å². The zero-order valence-corrected chi connectivity index (χ0v) is 20.7. The van der Waals surface area contributed by atoms with Gasteiger partial charge in [-0.25, -0.2) is 13.2 Å². The van der Waals surface area contributed by atoms with Crippen LogP contribution in [0.15, 0.2) is 66.7 Å². The maximum absolute atomic E-state index is 15.2. The number of ether oxygens (including phenoxy) is 1. The highest BCUT2D eigenvalue weighted by Gasteiger charge is 2.13. The molecular weight excluding hydrogens is 483 g/mol. The zero-order valence-electron chi connectivity index (χ0n) is 20.7. The summed E-state index contributed by atoms with van der Waals surface area (Å²) in [5, 5.41) is 1.07. The second kappa shape index (κ2) is 12.2. The Morgan fingerprint density at radius 3 is 2.19 bits per heavy atom. The Hall–Kier alpha value is -3.41. The third kappa shape index (κ3) is 6.68. The second-order valence-electron chi connectivity index (χ2n) is 9.24. The molecule has 0 aliphatic heterocycles. The lowest BCUT2D eigenvalue weighted by Crippen LogP contribution is -2.04. The lowest BCUT2D eigenvalue weighted by molar-refractivity contribution is -0.0522. The predicted octanol–water partition coefficient (Wildman–Crippen LogP) is 9.43. The Morgan fingerprint density at radius 2 is 1.46 bits per heavy atom. The third-order valence-electron chi connectivity index (χ3n) is 6.59. The molecule has 0 fully saturated rings. The number of unbranched alkanes of at least 4 members (excludes halogenated alkanes) is 3.